The number of hydrogen-bond donors (Lipinski definition) is 1. The first kappa shape index (κ1) is 20.3. The highest BCUT2D eigenvalue weighted by atomic mass is 19.4. The Morgan fingerprint density at radius 1 is 1.23 bits per heavy atom. The largest absolute Gasteiger partial charge is 0.419 e. The summed E-state index contributed by atoms with van der Waals surface area (Å²) < 4.78 is 54.3. The van der Waals surface area contributed by atoms with Crippen LogP contribution in [-0.2, 0) is 11.0 Å². The van der Waals surface area contributed by atoms with Crippen molar-refractivity contribution in [2.24, 2.45) is 5.92 Å². The van der Waals surface area contributed by atoms with Gasteiger partial charge in [-0.2, -0.15) is 13.2 Å². The fourth-order valence-electron chi connectivity index (χ4n) is 3.97. The number of benzene rings is 1. The molecule has 4 rings (SSSR count). The van der Waals surface area contributed by atoms with Gasteiger partial charge in [-0.05, 0) is 36.1 Å². The molecule has 2 aromatic heterocycles. The summed E-state index contributed by atoms with van der Waals surface area (Å²) in [6.07, 6.45) is 4.03. The van der Waals surface area contributed by atoms with Gasteiger partial charge >= 0.3 is 6.18 Å². The minimum absolute atomic E-state index is 0.143. The molecule has 0 saturated heterocycles. The number of alkyl halides is 3. The lowest BCUT2D eigenvalue weighted by Gasteiger charge is -2.11. The molecule has 1 aliphatic carbocycles. The zero-order valence-electron chi connectivity index (χ0n) is 16.0. The number of amides is 1. The molecule has 1 saturated carbocycles. The van der Waals surface area contributed by atoms with Crippen molar-refractivity contribution in [1.29, 1.82) is 0 Å². The number of rotatable bonds is 5. The maximum absolute atomic E-state index is 14.2. The van der Waals surface area contributed by atoms with Gasteiger partial charge in [-0.3, -0.25) is 4.79 Å². The maximum Gasteiger partial charge on any atom is 0.419 e. The SMILES string of the molecule is O=C(CCC1CCCC1)Nc1nn2cccnc2c1-c1ccc(C(F)(F)F)c(F)c1. The predicted molar refractivity (Wildman–Crippen MR) is 103 cm³/mol. The number of nitrogens with one attached hydrogen (secondary N) is 1. The second kappa shape index (κ2) is 8.04. The average molecular weight is 420 g/mol. The first-order valence-electron chi connectivity index (χ1n) is 9.83. The maximum atomic E-state index is 14.2. The highest BCUT2D eigenvalue weighted by Crippen LogP contribution is 2.36. The van der Waals surface area contributed by atoms with E-state index in [4.69, 9.17) is 0 Å². The lowest BCUT2D eigenvalue weighted by Crippen LogP contribution is -2.14. The Balaban J connectivity index is 1.65. The van der Waals surface area contributed by atoms with Gasteiger partial charge in [0.25, 0.3) is 0 Å². The van der Waals surface area contributed by atoms with Crippen LogP contribution in [0.15, 0.2) is 36.7 Å². The van der Waals surface area contributed by atoms with E-state index in [1.54, 1.807) is 12.3 Å². The lowest BCUT2D eigenvalue weighted by molar-refractivity contribution is -0.140. The quantitative estimate of drug-likeness (QED) is 0.558. The Bertz CT molecular complexity index is 1070. The van der Waals surface area contributed by atoms with E-state index in [1.165, 1.54) is 23.6 Å². The summed E-state index contributed by atoms with van der Waals surface area (Å²) >= 11 is 0. The molecule has 0 radical (unpaired) electrons. The van der Waals surface area contributed by atoms with Gasteiger partial charge in [0.2, 0.25) is 5.91 Å². The minimum atomic E-state index is -4.79. The molecule has 2 heterocycles. The van der Waals surface area contributed by atoms with Crippen LogP contribution in [-0.4, -0.2) is 20.5 Å². The monoisotopic (exact) mass is 420 g/mol. The van der Waals surface area contributed by atoms with Gasteiger partial charge in [-0.25, -0.2) is 13.9 Å². The molecule has 0 spiro atoms. The van der Waals surface area contributed by atoms with Gasteiger partial charge in [0.15, 0.2) is 11.5 Å². The Labute approximate surface area is 170 Å². The molecule has 5 nitrogen and oxygen atoms in total. The summed E-state index contributed by atoms with van der Waals surface area (Å²) in [5.41, 5.74) is -0.613. The molecule has 0 unspecified atom stereocenters. The van der Waals surface area contributed by atoms with Gasteiger partial charge in [-0.1, -0.05) is 31.7 Å². The zero-order valence-corrected chi connectivity index (χ0v) is 16.0. The van der Waals surface area contributed by atoms with Crippen molar-refractivity contribution in [2.45, 2.75) is 44.7 Å². The lowest BCUT2D eigenvalue weighted by atomic mass is 10.0. The summed E-state index contributed by atoms with van der Waals surface area (Å²) in [5.74, 6) is -0.945. The van der Waals surface area contributed by atoms with E-state index in [-0.39, 0.29) is 22.9 Å². The number of carbonyl (C=O) groups excluding carboxylic acids is 1. The van der Waals surface area contributed by atoms with Crippen molar-refractivity contribution >= 4 is 17.4 Å². The number of halogens is 4. The molecule has 158 valence electrons. The van der Waals surface area contributed by atoms with E-state index in [9.17, 15) is 22.4 Å². The second-order valence-electron chi connectivity index (χ2n) is 7.54. The van der Waals surface area contributed by atoms with Crippen molar-refractivity contribution in [3.05, 3.63) is 48.0 Å². The van der Waals surface area contributed by atoms with Crippen LogP contribution in [0.5, 0.6) is 0 Å². The van der Waals surface area contributed by atoms with E-state index in [2.05, 4.69) is 15.4 Å². The van der Waals surface area contributed by atoms with Crippen LogP contribution in [0.3, 0.4) is 0 Å². The topological polar surface area (TPSA) is 59.3 Å². The van der Waals surface area contributed by atoms with Crippen molar-refractivity contribution in [3.8, 4) is 11.1 Å². The Hall–Kier alpha value is -2.97. The van der Waals surface area contributed by atoms with Crippen LogP contribution >= 0.6 is 0 Å². The zero-order chi connectivity index (χ0) is 21.3. The highest BCUT2D eigenvalue weighted by Gasteiger charge is 2.34. The first-order chi connectivity index (χ1) is 14.3. The standard InChI is InChI=1S/C21H20F4N4O/c22-16-12-14(7-8-15(16)21(23,24)25)18-19(28-29-11-3-10-26-20(18)29)27-17(30)9-6-13-4-1-2-5-13/h3,7-8,10-13H,1-2,4-6,9H2,(H,27,28,30). The summed E-state index contributed by atoms with van der Waals surface area (Å²) in [6, 6.07) is 4.26. The third kappa shape index (κ3) is 4.15. The molecule has 1 amide bonds. The molecule has 30 heavy (non-hydrogen) atoms. The van der Waals surface area contributed by atoms with E-state index < -0.39 is 17.6 Å². The molecule has 1 fully saturated rings. The van der Waals surface area contributed by atoms with E-state index in [1.807, 2.05) is 0 Å². The fourth-order valence-corrected chi connectivity index (χ4v) is 3.97. The number of anilines is 1. The van der Waals surface area contributed by atoms with Crippen molar-refractivity contribution < 1.29 is 22.4 Å². The average Bonchev–Trinajstić information content (AvgIpc) is 3.32. The summed E-state index contributed by atoms with van der Waals surface area (Å²) in [7, 11) is 0. The van der Waals surface area contributed by atoms with Crippen molar-refractivity contribution in [3.63, 3.8) is 0 Å². The predicted octanol–water partition coefficient (Wildman–Crippen LogP) is 5.46. The number of aromatic nitrogens is 3. The summed E-state index contributed by atoms with van der Waals surface area (Å²) in [5, 5.41) is 7.02. The second-order valence-corrected chi connectivity index (χ2v) is 7.54. The molecule has 0 aliphatic heterocycles. The van der Waals surface area contributed by atoms with E-state index in [0.29, 0.717) is 24.1 Å². The molecular weight excluding hydrogens is 400 g/mol. The van der Waals surface area contributed by atoms with Gasteiger partial charge in [0.1, 0.15) is 5.82 Å². The molecule has 1 N–H and O–H groups in total. The van der Waals surface area contributed by atoms with Crippen LogP contribution in [0, 0.1) is 11.7 Å². The molecule has 0 atom stereocenters. The van der Waals surface area contributed by atoms with Gasteiger partial charge in [-0.15, -0.1) is 5.10 Å². The number of carbonyl (C=O) groups is 1. The van der Waals surface area contributed by atoms with Crippen molar-refractivity contribution in [1.82, 2.24) is 14.6 Å². The number of fused-ring (bicyclic) bond motifs is 1. The van der Waals surface area contributed by atoms with E-state index in [0.717, 1.165) is 31.4 Å². The summed E-state index contributed by atoms with van der Waals surface area (Å²) in [6.45, 7) is 0. The van der Waals surface area contributed by atoms with Crippen LogP contribution in [0.25, 0.3) is 16.8 Å². The van der Waals surface area contributed by atoms with Crippen LogP contribution < -0.4 is 5.32 Å². The Morgan fingerprint density at radius 3 is 2.70 bits per heavy atom. The number of nitrogens with zero attached hydrogens (tertiary/aromatic N) is 3. The molecule has 1 aliphatic rings. The summed E-state index contributed by atoms with van der Waals surface area (Å²) in [4.78, 5) is 16.7. The molecule has 9 heteroatoms. The fraction of sp³-hybridized carbons (Fsp3) is 0.381. The van der Waals surface area contributed by atoms with Crippen LogP contribution in [0.2, 0.25) is 0 Å². The molecule has 0 bridgehead atoms. The highest BCUT2D eigenvalue weighted by molar-refractivity contribution is 5.97. The molecule has 1 aromatic carbocycles. The first-order valence-corrected chi connectivity index (χ1v) is 9.83. The Kier molecular flexibility index (Phi) is 5.44. The number of hydrogen-bond acceptors (Lipinski definition) is 3. The normalized spacial score (nSPS) is 15.1. The third-order valence-electron chi connectivity index (χ3n) is 5.47. The van der Waals surface area contributed by atoms with Crippen LogP contribution in [0.4, 0.5) is 23.4 Å². The third-order valence-corrected chi connectivity index (χ3v) is 5.47. The van der Waals surface area contributed by atoms with Gasteiger partial charge in [0, 0.05) is 18.8 Å². The van der Waals surface area contributed by atoms with Gasteiger partial charge in [0.05, 0.1) is 11.1 Å². The molecular formula is C21H20F4N4O. The molecule has 3 aromatic rings. The van der Waals surface area contributed by atoms with Gasteiger partial charge < -0.3 is 5.32 Å². The minimum Gasteiger partial charge on any atom is -0.309 e. The smallest absolute Gasteiger partial charge is 0.309 e. The van der Waals surface area contributed by atoms with E-state index >= 15 is 0 Å². The van der Waals surface area contributed by atoms with Crippen molar-refractivity contribution in [2.75, 3.05) is 5.32 Å². The van der Waals surface area contributed by atoms with Crippen LogP contribution in [0.1, 0.15) is 44.1 Å². The Morgan fingerprint density at radius 2 is 2.00 bits per heavy atom.